The Bertz CT molecular complexity index is 628. The largest absolute Gasteiger partial charge is 0.384 e. The Morgan fingerprint density at radius 2 is 1.80 bits per heavy atom. The van der Waals surface area contributed by atoms with Crippen LogP contribution in [0.25, 0.3) is 0 Å². The van der Waals surface area contributed by atoms with Crippen molar-refractivity contribution in [1.29, 1.82) is 0 Å². The average Bonchev–Trinajstić information content (AvgIpc) is 3.01. The first-order chi connectivity index (χ1) is 9.61. The highest BCUT2D eigenvalue weighted by Gasteiger charge is 2.91. The standard InChI is InChI=1S/C18H19BrO/c1-8-12-10-7-11-13-14(10)17(8,19)16(13)18(20,15(11)12)9-5-3-2-4-6-9/h2-6,8,10-16,20H,7H2,1H3/t8-,10-,11+,12-,13-,14-,15-,16-,17+,18-/m1/s1. The number of halogens is 1. The van der Waals surface area contributed by atoms with Crippen molar-refractivity contribution < 1.29 is 5.11 Å². The van der Waals surface area contributed by atoms with Crippen molar-refractivity contribution in [1.82, 2.24) is 0 Å². The van der Waals surface area contributed by atoms with Crippen LogP contribution in [0.1, 0.15) is 18.9 Å². The SMILES string of the molecule is C[C@@H]1[C@@H]2[C@H]3C[C@H]4[C@@H]5[C@@H]3[C@]1(Br)[C@@H]5[C@@](O)(c1ccccc1)[C@H]42. The van der Waals surface area contributed by atoms with Gasteiger partial charge in [0.05, 0.1) is 5.60 Å². The summed E-state index contributed by atoms with van der Waals surface area (Å²) in [6.45, 7) is 2.45. The molecule has 0 heterocycles. The molecule has 5 aliphatic carbocycles. The van der Waals surface area contributed by atoms with Gasteiger partial charge in [0, 0.05) is 10.2 Å². The quantitative estimate of drug-likeness (QED) is 0.782. The minimum atomic E-state index is -0.557. The van der Waals surface area contributed by atoms with Crippen LogP contribution in [0, 0.1) is 47.3 Å². The number of fused-ring (bicyclic) bond motifs is 2. The highest BCUT2D eigenvalue weighted by atomic mass is 79.9. The lowest BCUT2D eigenvalue weighted by Crippen LogP contribution is -2.64. The number of hydrogen-bond donors (Lipinski definition) is 1. The average molecular weight is 331 g/mol. The summed E-state index contributed by atoms with van der Waals surface area (Å²) < 4.78 is 0.235. The molecule has 0 aromatic heterocycles. The van der Waals surface area contributed by atoms with Crippen LogP contribution in [0.2, 0.25) is 0 Å². The molecule has 20 heavy (non-hydrogen) atoms. The molecule has 0 aliphatic heterocycles. The third-order valence-corrected chi connectivity index (χ3v) is 9.90. The van der Waals surface area contributed by atoms with Gasteiger partial charge >= 0.3 is 0 Å². The van der Waals surface area contributed by atoms with E-state index in [4.69, 9.17) is 0 Å². The molecule has 1 aromatic carbocycles. The summed E-state index contributed by atoms with van der Waals surface area (Å²) >= 11 is 4.16. The van der Waals surface area contributed by atoms with Gasteiger partial charge in [-0.15, -0.1) is 0 Å². The number of benzene rings is 1. The van der Waals surface area contributed by atoms with Gasteiger partial charge in [0.1, 0.15) is 0 Å². The van der Waals surface area contributed by atoms with Crippen molar-refractivity contribution in [3.05, 3.63) is 35.9 Å². The maximum atomic E-state index is 11.8. The normalized spacial score (nSPS) is 67.0. The van der Waals surface area contributed by atoms with Crippen LogP contribution in [0.3, 0.4) is 0 Å². The molecule has 0 radical (unpaired) electrons. The summed E-state index contributed by atoms with van der Waals surface area (Å²) in [5, 5.41) is 11.8. The fourth-order valence-corrected chi connectivity index (χ4v) is 9.67. The molecule has 6 rings (SSSR count). The van der Waals surface area contributed by atoms with Crippen LogP contribution in [0.5, 0.6) is 0 Å². The molecule has 104 valence electrons. The maximum Gasteiger partial charge on any atom is 0.0974 e. The van der Waals surface area contributed by atoms with Gasteiger partial charge in [-0.25, -0.2) is 0 Å². The van der Waals surface area contributed by atoms with Crippen molar-refractivity contribution >= 4 is 15.9 Å². The maximum absolute atomic E-state index is 11.8. The molecule has 2 bridgehead atoms. The highest BCUT2D eigenvalue weighted by Crippen LogP contribution is 2.91. The van der Waals surface area contributed by atoms with E-state index in [1.54, 1.807) is 0 Å². The molecule has 1 aromatic rings. The first-order valence-electron chi connectivity index (χ1n) is 8.08. The Morgan fingerprint density at radius 3 is 2.55 bits per heavy atom. The van der Waals surface area contributed by atoms with E-state index in [0.717, 1.165) is 35.5 Å². The second-order valence-corrected chi connectivity index (χ2v) is 9.43. The molecular weight excluding hydrogens is 312 g/mol. The molecule has 5 aliphatic rings. The lowest BCUT2D eigenvalue weighted by Gasteiger charge is -2.60. The zero-order valence-electron chi connectivity index (χ0n) is 11.5. The molecule has 1 N–H and O–H groups in total. The van der Waals surface area contributed by atoms with Gasteiger partial charge in [-0.3, -0.25) is 0 Å². The summed E-state index contributed by atoms with van der Waals surface area (Å²) in [7, 11) is 0. The zero-order chi connectivity index (χ0) is 13.4. The lowest BCUT2D eigenvalue weighted by atomic mass is 9.52. The molecular formula is C18H19BrO. The van der Waals surface area contributed by atoms with Gasteiger partial charge in [0.25, 0.3) is 0 Å². The summed E-state index contributed by atoms with van der Waals surface area (Å²) in [4.78, 5) is 0. The van der Waals surface area contributed by atoms with Crippen LogP contribution in [0.15, 0.2) is 30.3 Å². The predicted octanol–water partition coefficient (Wildman–Crippen LogP) is 3.42. The van der Waals surface area contributed by atoms with Crippen LogP contribution in [0.4, 0.5) is 0 Å². The lowest BCUT2D eigenvalue weighted by molar-refractivity contribution is -0.136. The van der Waals surface area contributed by atoms with Crippen molar-refractivity contribution in [2.24, 2.45) is 47.3 Å². The molecule has 0 spiro atoms. The first kappa shape index (κ1) is 11.3. The molecule has 2 heteroatoms. The minimum absolute atomic E-state index is 0.235. The second-order valence-electron chi connectivity index (χ2n) is 8.05. The molecule has 0 unspecified atom stereocenters. The highest BCUT2D eigenvalue weighted by molar-refractivity contribution is 9.10. The van der Waals surface area contributed by atoms with Crippen molar-refractivity contribution in [2.75, 3.05) is 0 Å². The molecule has 5 fully saturated rings. The summed E-state index contributed by atoms with van der Waals surface area (Å²) in [6.07, 6.45) is 1.40. The topological polar surface area (TPSA) is 20.2 Å². The molecule has 5 saturated carbocycles. The Labute approximate surface area is 127 Å². The number of rotatable bonds is 1. The van der Waals surface area contributed by atoms with E-state index in [1.807, 2.05) is 0 Å². The smallest absolute Gasteiger partial charge is 0.0974 e. The second kappa shape index (κ2) is 2.92. The van der Waals surface area contributed by atoms with Gasteiger partial charge in [0.15, 0.2) is 0 Å². The van der Waals surface area contributed by atoms with Gasteiger partial charge in [-0.05, 0) is 53.4 Å². The van der Waals surface area contributed by atoms with Crippen LogP contribution < -0.4 is 0 Å². The molecule has 10 atom stereocenters. The van der Waals surface area contributed by atoms with Gasteiger partial charge in [-0.2, -0.15) is 0 Å². The monoisotopic (exact) mass is 330 g/mol. The van der Waals surface area contributed by atoms with Gasteiger partial charge in [-0.1, -0.05) is 53.2 Å². The van der Waals surface area contributed by atoms with Gasteiger partial charge < -0.3 is 5.11 Å². The van der Waals surface area contributed by atoms with Crippen LogP contribution >= 0.6 is 15.9 Å². The van der Waals surface area contributed by atoms with Crippen LogP contribution in [-0.4, -0.2) is 9.43 Å². The predicted molar refractivity (Wildman–Crippen MR) is 80.2 cm³/mol. The van der Waals surface area contributed by atoms with Crippen molar-refractivity contribution in [3.63, 3.8) is 0 Å². The van der Waals surface area contributed by atoms with Gasteiger partial charge in [0.2, 0.25) is 0 Å². The summed E-state index contributed by atoms with van der Waals surface area (Å²) in [6, 6.07) is 10.6. The van der Waals surface area contributed by atoms with Crippen LogP contribution in [-0.2, 0) is 5.60 Å². The van der Waals surface area contributed by atoms with Crippen molar-refractivity contribution in [2.45, 2.75) is 23.3 Å². The summed E-state index contributed by atoms with van der Waals surface area (Å²) in [5.41, 5.74) is 0.628. The fraction of sp³-hybridized carbons (Fsp3) is 0.667. The number of alkyl halides is 1. The Kier molecular flexibility index (Phi) is 1.64. The van der Waals surface area contributed by atoms with E-state index in [-0.39, 0.29) is 4.32 Å². The Hall–Kier alpha value is -0.340. The zero-order valence-corrected chi connectivity index (χ0v) is 13.1. The molecule has 0 saturated heterocycles. The minimum Gasteiger partial charge on any atom is -0.384 e. The van der Waals surface area contributed by atoms with E-state index in [2.05, 4.69) is 53.2 Å². The van der Waals surface area contributed by atoms with E-state index in [9.17, 15) is 5.11 Å². The summed E-state index contributed by atoms with van der Waals surface area (Å²) in [5.74, 6) is 5.87. The van der Waals surface area contributed by atoms with E-state index < -0.39 is 5.60 Å². The van der Waals surface area contributed by atoms with E-state index in [0.29, 0.717) is 11.8 Å². The number of aliphatic hydroxyl groups is 1. The van der Waals surface area contributed by atoms with E-state index in [1.165, 1.54) is 12.0 Å². The third-order valence-electron chi connectivity index (χ3n) is 8.15. The molecule has 1 nitrogen and oxygen atoms in total. The molecule has 0 amide bonds. The first-order valence-corrected chi connectivity index (χ1v) is 8.87. The third kappa shape index (κ3) is 0.772. The fourth-order valence-electron chi connectivity index (χ4n) is 8.06. The Morgan fingerprint density at radius 1 is 1.10 bits per heavy atom. The number of hydrogen-bond acceptors (Lipinski definition) is 1. The Balaban J connectivity index is 1.63. The van der Waals surface area contributed by atoms with Crippen molar-refractivity contribution in [3.8, 4) is 0 Å². The van der Waals surface area contributed by atoms with E-state index >= 15 is 0 Å².